The highest BCUT2D eigenvalue weighted by Crippen LogP contribution is 2.37. The predicted octanol–water partition coefficient (Wildman–Crippen LogP) is 4.14. The zero-order valence-electron chi connectivity index (χ0n) is 16.8. The molecule has 1 atom stereocenters. The number of carbonyl (C=O) groups excluding carboxylic acids is 2. The molecule has 0 fully saturated rings. The van der Waals surface area contributed by atoms with Crippen LogP contribution in [-0.2, 0) is 29.1 Å². The van der Waals surface area contributed by atoms with Gasteiger partial charge in [-0.2, -0.15) is 0 Å². The molecule has 0 spiro atoms. The van der Waals surface area contributed by atoms with Crippen LogP contribution in [0.1, 0.15) is 22.6 Å². The molecule has 2 aliphatic rings. The van der Waals surface area contributed by atoms with Gasteiger partial charge in [-0.05, 0) is 17.7 Å². The minimum Gasteiger partial charge on any atom is -0.324 e. The summed E-state index contributed by atoms with van der Waals surface area (Å²) in [5.41, 5.74) is 3.18. The first-order valence-corrected chi connectivity index (χ1v) is 11.9. The van der Waals surface area contributed by atoms with E-state index in [-0.39, 0.29) is 18.2 Å². The summed E-state index contributed by atoms with van der Waals surface area (Å²) in [6, 6.07) is 18.1. The molecule has 158 valence electrons. The van der Waals surface area contributed by atoms with E-state index in [0.29, 0.717) is 5.13 Å². The van der Waals surface area contributed by atoms with Gasteiger partial charge in [-0.25, -0.2) is 4.98 Å². The molecule has 0 aliphatic carbocycles. The Kier molecular flexibility index (Phi) is 5.76. The van der Waals surface area contributed by atoms with Gasteiger partial charge in [0.15, 0.2) is 5.13 Å². The largest absolute Gasteiger partial charge is 0.324 e. The molecule has 3 heterocycles. The molecule has 0 bridgehead atoms. The topological polar surface area (TPSA) is 74.3 Å². The number of nitrogens with one attached hydrogen (secondary N) is 2. The van der Waals surface area contributed by atoms with E-state index >= 15 is 0 Å². The maximum Gasteiger partial charge on any atom is 0.238 e. The number of fused-ring (bicyclic) bond motifs is 2. The van der Waals surface area contributed by atoms with Crippen molar-refractivity contribution in [3.05, 3.63) is 70.7 Å². The van der Waals surface area contributed by atoms with Gasteiger partial charge in [0.05, 0.1) is 16.6 Å². The van der Waals surface area contributed by atoms with E-state index in [2.05, 4.69) is 44.8 Å². The van der Waals surface area contributed by atoms with Gasteiger partial charge >= 0.3 is 0 Å². The lowest BCUT2D eigenvalue weighted by Gasteiger charge is -2.25. The van der Waals surface area contributed by atoms with Crippen LogP contribution >= 0.6 is 23.1 Å². The Morgan fingerprint density at radius 2 is 1.97 bits per heavy atom. The fourth-order valence-corrected chi connectivity index (χ4v) is 6.02. The maximum atomic E-state index is 12.6. The normalized spacial score (nSPS) is 18.1. The maximum absolute atomic E-state index is 12.6. The zero-order valence-corrected chi connectivity index (χ0v) is 18.5. The minimum atomic E-state index is -0.439. The van der Waals surface area contributed by atoms with Crippen LogP contribution in [0.25, 0.3) is 0 Å². The van der Waals surface area contributed by atoms with Crippen LogP contribution < -0.4 is 10.6 Å². The average Bonchev–Trinajstić information content (AvgIpc) is 3.16. The molecule has 0 radical (unpaired) electrons. The fraction of sp³-hybridized carbons (Fsp3) is 0.261. The van der Waals surface area contributed by atoms with Crippen molar-refractivity contribution in [3.8, 4) is 0 Å². The van der Waals surface area contributed by atoms with E-state index in [1.807, 2.05) is 30.3 Å². The van der Waals surface area contributed by atoms with Crippen LogP contribution in [0.4, 0.5) is 10.8 Å². The second-order valence-electron chi connectivity index (χ2n) is 7.68. The first-order valence-electron chi connectivity index (χ1n) is 10.3. The second kappa shape index (κ2) is 8.82. The van der Waals surface area contributed by atoms with Crippen molar-refractivity contribution in [1.29, 1.82) is 0 Å². The Morgan fingerprint density at radius 3 is 2.84 bits per heavy atom. The fourth-order valence-electron chi connectivity index (χ4n) is 3.84. The van der Waals surface area contributed by atoms with Crippen LogP contribution in [0.15, 0.2) is 59.5 Å². The molecule has 1 aromatic heterocycles. The summed E-state index contributed by atoms with van der Waals surface area (Å²) in [6.45, 7) is 2.71. The van der Waals surface area contributed by atoms with Gasteiger partial charge in [-0.1, -0.05) is 42.5 Å². The number of carbonyl (C=O) groups is 2. The molecule has 8 heteroatoms. The van der Waals surface area contributed by atoms with Crippen LogP contribution in [0.3, 0.4) is 0 Å². The first kappa shape index (κ1) is 20.2. The number of benzene rings is 2. The molecular weight excluding hydrogens is 428 g/mol. The molecule has 0 unspecified atom stereocenters. The molecule has 0 saturated heterocycles. The number of amides is 2. The van der Waals surface area contributed by atoms with Crippen molar-refractivity contribution >= 4 is 45.7 Å². The number of thiazole rings is 1. The Morgan fingerprint density at radius 1 is 1.16 bits per heavy atom. The van der Waals surface area contributed by atoms with E-state index in [4.69, 9.17) is 0 Å². The average molecular weight is 451 g/mol. The van der Waals surface area contributed by atoms with Crippen molar-refractivity contribution in [2.24, 2.45) is 0 Å². The molecule has 2 aromatic carbocycles. The van der Waals surface area contributed by atoms with Gasteiger partial charge in [-0.3, -0.25) is 14.5 Å². The quantitative estimate of drug-likeness (QED) is 0.611. The summed E-state index contributed by atoms with van der Waals surface area (Å²) in [5, 5.41) is 5.98. The van der Waals surface area contributed by atoms with E-state index < -0.39 is 5.25 Å². The Hall–Kier alpha value is -2.68. The highest BCUT2D eigenvalue weighted by atomic mass is 32.2. The molecule has 31 heavy (non-hydrogen) atoms. The highest BCUT2D eigenvalue weighted by Gasteiger charge is 2.29. The summed E-state index contributed by atoms with van der Waals surface area (Å²) < 4.78 is 0. The number of rotatable bonds is 5. The Balaban J connectivity index is 1.19. The van der Waals surface area contributed by atoms with Gasteiger partial charge in [0, 0.05) is 42.2 Å². The van der Waals surface area contributed by atoms with Gasteiger partial charge in [0.2, 0.25) is 11.8 Å². The molecule has 5 rings (SSSR count). The van der Waals surface area contributed by atoms with Gasteiger partial charge in [0.1, 0.15) is 0 Å². The van der Waals surface area contributed by atoms with Crippen LogP contribution in [-0.4, -0.2) is 33.5 Å². The highest BCUT2D eigenvalue weighted by molar-refractivity contribution is 8.01. The van der Waals surface area contributed by atoms with E-state index in [1.165, 1.54) is 33.5 Å². The molecule has 0 saturated carbocycles. The van der Waals surface area contributed by atoms with Crippen LogP contribution in [0.2, 0.25) is 0 Å². The molecule has 2 N–H and O–H groups in total. The smallest absolute Gasteiger partial charge is 0.238 e. The standard InChI is InChI=1S/C23H22N4O2S2/c28-21(12-19-22(29)24-16-8-4-5-9-18(16)30-19)26-23-25-17-10-11-27(14-20(17)31-23)13-15-6-2-1-3-7-15/h1-9,19H,10-14H2,(H,24,29)(H,25,26,28)/t19-/m1/s1. The van der Waals surface area contributed by atoms with E-state index in [1.54, 1.807) is 0 Å². The number of para-hydroxylation sites is 1. The third-order valence-corrected chi connectivity index (χ3v) is 7.66. The Bertz CT molecular complexity index is 1120. The van der Waals surface area contributed by atoms with E-state index in [0.717, 1.165) is 42.3 Å². The monoisotopic (exact) mass is 450 g/mol. The second-order valence-corrected chi connectivity index (χ2v) is 10.0. The van der Waals surface area contributed by atoms with Gasteiger partial charge < -0.3 is 10.6 Å². The molecule has 3 aromatic rings. The van der Waals surface area contributed by atoms with Crippen molar-refractivity contribution in [2.45, 2.75) is 36.1 Å². The third kappa shape index (κ3) is 4.66. The molecular formula is C23H22N4O2S2. The molecule has 6 nitrogen and oxygen atoms in total. The van der Waals surface area contributed by atoms with Gasteiger partial charge in [0.25, 0.3) is 0 Å². The number of aromatic nitrogens is 1. The summed E-state index contributed by atoms with van der Waals surface area (Å²) in [6.07, 6.45) is 1.00. The summed E-state index contributed by atoms with van der Waals surface area (Å²) >= 11 is 2.97. The SMILES string of the molecule is O=C(C[C@H]1Sc2ccccc2NC1=O)Nc1nc2c(s1)CN(Cc1ccccc1)CC2. The Labute approximate surface area is 189 Å². The van der Waals surface area contributed by atoms with Crippen LogP contribution in [0, 0.1) is 0 Å². The van der Waals surface area contributed by atoms with Gasteiger partial charge in [-0.15, -0.1) is 23.1 Å². The van der Waals surface area contributed by atoms with Crippen molar-refractivity contribution in [3.63, 3.8) is 0 Å². The number of thioether (sulfide) groups is 1. The number of anilines is 2. The number of nitrogens with zero attached hydrogens (tertiary/aromatic N) is 2. The lowest BCUT2D eigenvalue weighted by molar-refractivity contribution is -0.120. The third-order valence-electron chi connectivity index (χ3n) is 5.38. The molecule has 2 aliphatic heterocycles. The zero-order chi connectivity index (χ0) is 21.2. The summed E-state index contributed by atoms with van der Waals surface area (Å²) in [7, 11) is 0. The van der Waals surface area contributed by atoms with Crippen LogP contribution in [0.5, 0.6) is 0 Å². The summed E-state index contributed by atoms with van der Waals surface area (Å²) in [4.78, 5) is 34.2. The lowest BCUT2D eigenvalue weighted by atomic mass is 10.1. The van der Waals surface area contributed by atoms with Crippen molar-refractivity contribution in [2.75, 3.05) is 17.2 Å². The summed E-state index contributed by atoms with van der Waals surface area (Å²) in [5.74, 6) is -0.312. The minimum absolute atomic E-state index is 0.120. The lowest BCUT2D eigenvalue weighted by Crippen LogP contribution is -2.32. The number of hydrogen-bond donors (Lipinski definition) is 2. The first-order chi connectivity index (χ1) is 15.1. The predicted molar refractivity (Wildman–Crippen MR) is 124 cm³/mol. The van der Waals surface area contributed by atoms with Crippen molar-refractivity contribution < 1.29 is 9.59 Å². The van der Waals surface area contributed by atoms with E-state index in [9.17, 15) is 9.59 Å². The molecule has 2 amide bonds. The number of hydrogen-bond acceptors (Lipinski definition) is 6. The van der Waals surface area contributed by atoms with Crippen molar-refractivity contribution in [1.82, 2.24) is 9.88 Å².